The summed E-state index contributed by atoms with van der Waals surface area (Å²) >= 11 is 0. The van der Waals surface area contributed by atoms with Crippen LogP contribution in [-0.2, 0) is 10.2 Å². The third-order valence-electron chi connectivity index (χ3n) is 5.16. The SMILES string of the molecule is Cc1ccc(F)cc1C(=O)N1C[C@@H]2CC[C@H]1CN(S(=O)(=O)N(C)C)C2. The third-order valence-corrected chi connectivity index (χ3v) is 7.03. The molecule has 25 heavy (non-hydrogen) atoms. The van der Waals surface area contributed by atoms with Crippen molar-refractivity contribution in [1.29, 1.82) is 0 Å². The van der Waals surface area contributed by atoms with Crippen molar-refractivity contribution in [2.45, 2.75) is 25.8 Å². The largest absolute Gasteiger partial charge is 0.334 e. The van der Waals surface area contributed by atoms with Crippen molar-refractivity contribution in [3.8, 4) is 0 Å². The summed E-state index contributed by atoms with van der Waals surface area (Å²) < 4.78 is 41.3. The fourth-order valence-corrected chi connectivity index (χ4v) is 4.91. The summed E-state index contributed by atoms with van der Waals surface area (Å²) in [7, 11) is -0.479. The average molecular weight is 369 g/mol. The van der Waals surface area contributed by atoms with Crippen LogP contribution in [-0.4, -0.2) is 67.6 Å². The van der Waals surface area contributed by atoms with Crippen LogP contribution < -0.4 is 0 Å². The van der Waals surface area contributed by atoms with Gasteiger partial charge in [-0.3, -0.25) is 4.79 Å². The molecule has 3 fully saturated rings. The monoisotopic (exact) mass is 369 g/mol. The summed E-state index contributed by atoms with van der Waals surface area (Å²) in [5.41, 5.74) is 1.08. The second-order valence-electron chi connectivity index (χ2n) is 7.12. The van der Waals surface area contributed by atoms with Gasteiger partial charge in [0.25, 0.3) is 16.1 Å². The number of fused-ring (bicyclic) bond motifs is 4. The number of halogens is 1. The van der Waals surface area contributed by atoms with Gasteiger partial charge in [-0.2, -0.15) is 17.0 Å². The number of hydrogen-bond donors (Lipinski definition) is 0. The lowest BCUT2D eigenvalue weighted by Crippen LogP contribution is -2.48. The molecule has 4 rings (SSSR count). The van der Waals surface area contributed by atoms with Gasteiger partial charge in [0.1, 0.15) is 5.82 Å². The smallest absolute Gasteiger partial charge is 0.281 e. The van der Waals surface area contributed by atoms with Crippen molar-refractivity contribution >= 4 is 16.1 Å². The predicted octanol–water partition coefficient (Wildman–Crippen LogP) is 1.48. The molecule has 2 bridgehead atoms. The number of piperidine rings is 1. The third kappa shape index (κ3) is 3.43. The van der Waals surface area contributed by atoms with Crippen LogP contribution in [0.25, 0.3) is 0 Å². The number of aryl methyl sites for hydroxylation is 1. The molecule has 0 radical (unpaired) electrons. The van der Waals surface area contributed by atoms with E-state index in [1.807, 2.05) is 0 Å². The first kappa shape index (κ1) is 18.3. The van der Waals surface area contributed by atoms with Crippen LogP contribution in [0.5, 0.6) is 0 Å². The van der Waals surface area contributed by atoms with Crippen LogP contribution in [0.1, 0.15) is 28.8 Å². The van der Waals surface area contributed by atoms with E-state index in [1.165, 1.54) is 34.8 Å². The molecule has 0 saturated carbocycles. The number of hydrogen-bond acceptors (Lipinski definition) is 3. The topological polar surface area (TPSA) is 60.9 Å². The Balaban J connectivity index is 1.88. The Morgan fingerprint density at radius 2 is 1.92 bits per heavy atom. The molecule has 3 aliphatic rings. The first-order valence-corrected chi connectivity index (χ1v) is 9.84. The summed E-state index contributed by atoms with van der Waals surface area (Å²) in [6, 6.07) is 4.03. The average Bonchev–Trinajstić information content (AvgIpc) is 2.88. The first-order valence-electron chi connectivity index (χ1n) is 8.45. The van der Waals surface area contributed by atoms with Gasteiger partial charge in [0.2, 0.25) is 0 Å². The van der Waals surface area contributed by atoms with Gasteiger partial charge < -0.3 is 4.90 Å². The summed E-state index contributed by atoms with van der Waals surface area (Å²) in [4.78, 5) is 14.7. The van der Waals surface area contributed by atoms with Crippen LogP contribution in [0.4, 0.5) is 4.39 Å². The Morgan fingerprint density at radius 3 is 2.60 bits per heavy atom. The molecule has 0 aromatic heterocycles. The molecule has 6 nitrogen and oxygen atoms in total. The van der Waals surface area contributed by atoms with E-state index in [0.717, 1.165) is 18.4 Å². The Hall–Kier alpha value is -1.51. The highest BCUT2D eigenvalue weighted by Crippen LogP contribution is 2.31. The number of rotatable bonds is 3. The van der Waals surface area contributed by atoms with Crippen LogP contribution >= 0.6 is 0 Å². The van der Waals surface area contributed by atoms with E-state index in [4.69, 9.17) is 0 Å². The molecule has 2 atom stereocenters. The molecule has 0 aliphatic carbocycles. The number of carbonyl (C=O) groups is 1. The van der Waals surface area contributed by atoms with Crippen molar-refractivity contribution in [2.24, 2.45) is 5.92 Å². The standard InChI is InChI=1S/C17H24FN3O3S/c1-12-4-6-14(18)8-16(12)17(22)21-10-13-5-7-15(21)11-20(9-13)25(23,24)19(2)3/h4,6,8,13,15H,5,7,9-11H2,1-3H3/t13-,15+/m1/s1. The van der Waals surface area contributed by atoms with E-state index in [2.05, 4.69) is 0 Å². The zero-order chi connectivity index (χ0) is 18.4. The van der Waals surface area contributed by atoms with Gasteiger partial charge >= 0.3 is 0 Å². The van der Waals surface area contributed by atoms with E-state index < -0.39 is 16.0 Å². The Bertz CT molecular complexity index is 781. The van der Waals surface area contributed by atoms with Crippen LogP contribution in [0.2, 0.25) is 0 Å². The van der Waals surface area contributed by atoms with Crippen molar-refractivity contribution < 1.29 is 17.6 Å². The lowest BCUT2D eigenvalue weighted by molar-refractivity contribution is 0.0587. The predicted molar refractivity (Wildman–Crippen MR) is 92.9 cm³/mol. The molecule has 0 N–H and O–H groups in total. The molecule has 1 aromatic rings. The van der Waals surface area contributed by atoms with Crippen molar-refractivity contribution in [1.82, 2.24) is 13.5 Å². The highest BCUT2D eigenvalue weighted by Gasteiger charge is 2.41. The van der Waals surface area contributed by atoms with Gasteiger partial charge in [-0.05, 0) is 43.4 Å². The molecule has 3 saturated heterocycles. The molecular formula is C17H24FN3O3S. The van der Waals surface area contributed by atoms with Gasteiger partial charge in [0.05, 0.1) is 0 Å². The lowest BCUT2D eigenvalue weighted by Gasteiger charge is -2.36. The fourth-order valence-electron chi connectivity index (χ4n) is 3.69. The van der Waals surface area contributed by atoms with E-state index in [9.17, 15) is 17.6 Å². The number of amides is 1. The molecule has 138 valence electrons. The van der Waals surface area contributed by atoms with Gasteiger partial charge in [-0.25, -0.2) is 4.39 Å². The van der Waals surface area contributed by atoms with E-state index in [0.29, 0.717) is 18.7 Å². The molecule has 1 amide bonds. The molecule has 3 heterocycles. The molecule has 1 aromatic carbocycles. The number of benzene rings is 1. The maximum absolute atomic E-state index is 13.6. The minimum Gasteiger partial charge on any atom is -0.334 e. The summed E-state index contributed by atoms with van der Waals surface area (Å²) in [6.45, 7) is 3.00. The van der Waals surface area contributed by atoms with Gasteiger partial charge in [-0.1, -0.05) is 6.07 Å². The van der Waals surface area contributed by atoms with E-state index in [-0.39, 0.29) is 24.4 Å². The second kappa shape index (κ2) is 6.66. The van der Waals surface area contributed by atoms with Crippen LogP contribution in [0.15, 0.2) is 18.2 Å². The normalized spacial score (nSPS) is 24.6. The lowest BCUT2D eigenvalue weighted by atomic mass is 9.94. The molecule has 0 unspecified atom stereocenters. The Labute approximate surface area is 148 Å². The Morgan fingerprint density at radius 1 is 1.20 bits per heavy atom. The van der Waals surface area contributed by atoms with Gasteiger partial charge in [0, 0.05) is 45.3 Å². The quantitative estimate of drug-likeness (QED) is 0.811. The minimum atomic E-state index is -3.51. The minimum absolute atomic E-state index is 0.103. The summed E-state index contributed by atoms with van der Waals surface area (Å²) in [6.07, 6.45) is 1.67. The maximum Gasteiger partial charge on any atom is 0.281 e. The summed E-state index contributed by atoms with van der Waals surface area (Å²) in [5.74, 6) is -0.548. The fraction of sp³-hybridized carbons (Fsp3) is 0.588. The first-order chi connectivity index (χ1) is 11.7. The highest BCUT2D eigenvalue weighted by atomic mass is 32.2. The van der Waals surface area contributed by atoms with E-state index in [1.54, 1.807) is 17.9 Å². The molecule has 0 spiro atoms. The summed E-state index contributed by atoms with van der Waals surface area (Å²) in [5, 5.41) is 0. The van der Waals surface area contributed by atoms with Crippen molar-refractivity contribution in [2.75, 3.05) is 33.7 Å². The molecular weight excluding hydrogens is 345 g/mol. The van der Waals surface area contributed by atoms with Gasteiger partial charge in [0.15, 0.2) is 0 Å². The van der Waals surface area contributed by atoms with Crippen LogP contribution in [0, 0.1) is 18.7 Å². The zero-order valence-corrected chi connectivity index (χ0v) is 15.6. The van der Waals surface area contributed by atoms with Crippen molar-refractivity contribution in [3.63, 3.8) is 0 Å². The second-order valence-corrected chi connectivity index (χ2v) is 9.26. The molecule has 8 heteroatoms. The number of nitrogens with zero attached hydrogens (tertiary/aromatic N) is 3. The highest BCUT2D eigenvalue weighted by molar-refractivity contribution is 7.86. The maximum atomic E-state index is 13.6. The molecule has 3 aliphatic heterocycles. The van der Waals surface area contributed by atoms with Crippen LogP contribution in [0.3, 0.4) is 0 Å². The van der Waals surface area contributed by atoms with E-state index >= 15 is 0 Å². The zero-order valence-electron chi connectivity index (χ0n) is 14.8. The number of carbonyl (C=O) groups excluding carboxylic acids is 1. The Kier molecular flexibility index (Phi) is 4.87. The van der Waals surface area contributed by atoms with Crippen molar-refractivity contribution in [3.05, 3.63) is 35.1 Å². The van der Waals surface area contributed by atoms with Gasteiger partial charge in [-0.15, -0.1) is 0 Å².